The van der Waals surface area contributed by atoms with E-state index < -0.39 is 16.1 Å². The lowest BCUT2D eigenvalue weighted by Gasteiger charge is -2.23. The van der Waals surface area contributed by atoms with Gasteiger partial charge < -0.3 is 4.90 Å². The van der Waals surface area contributed by atoms with Crippen molar-refractivity contribution in [3.05, 3.63) is 29.8 Å². The van der Waals surface area contributed by atoms with Crippen molar-refractivity contribution in [3.63, 3.8) is 0 Å². The SMILES string of the molecule is Cc1ccc(S(=O)(=O)N[C@H](CC(C)C)C(=O)N(C)C)cc1. The first-order valence-electron chi connectivity index (χ1n) is 6.93. The van der Waals surface area contributed by atoms with Gasteiger partial charge in [0.25, 0.3) is 0 Å². The summed E-state index contributed by atoms with van der Waals surface area (Å²) in [6, 6.07) is 5.82. The lowest BCUT2D eigenvalue weighted by Crippen LogP contribution is -2.46. The first kappa shape index (κ1) is 17.7. The van der Waals surface area contributed by atoms with Crippen molar-refractivity contribution in [1.29, 1.82) is 0 Å². The predicted octanol–water partition coefficient (Wildman–Crippen LogP) is 1.78. The highest BCUT2D eigenvalue weighted by Crippen LogP contribution is 2.14. The molecule has 1 aromatic rings. The molecule has 21 heavy (non-hydrogen) atoms. The Kier molecular flexibility index (Phi) is 5.92. The monoisotopic (exact) mass is 312 g/mol. The number of aryl methyl sites for hydroxylation is 1. The highest BCUT2D eigenvalue weighted by atomic mass is 32.2. The standard InChI is InChI=1S/C15H24N2O3S/c1-11(2)10-14(15(18)17(4)5)16-21(19,20)13-8-6-12(3)7-9-13/h6-9,11,14,16H,10H2,1-5H3/t14-/m1/s1. The van der Waals surface area contributed by atoms with Gasteiger partial charge in [0, 0.05) is 14.1 Å². The van der Waals surface area contributed by atoms with E-state index in [1.807, 2.05) is 20.8 Å². The highest BCUT2D eigenvalue weighted by molar-refractivity contribution is 7.89. The maximum Gasteiger partial charge on any atom is 0.241 e. The first-order valence-corrected chi connectivity index (χ1v) is 8.42. The Bertz CT molecular complexity index is 577. The van der Waals surface area contributed by atoms with Crippen LogP contribution in [0.2, 0.25) is 0 Å². The third-order valence-electron chi connectivity index (χ3n) is 3.07. The molecule has 0 unspecified atom stereocenters. The van der Waals surface area contributed by atoms with Crippen molar-refractivity contribution in [1.82, 2.24) is 9.62 Å². The maximum absolute atomic E-state index is 12.4. The molecule has 1 amide bonds. The fraction of sp³-hybridized carbons (Fsp3) is 0.533. The van der Waals surface area contributed by atoms with Gasteiger partial charge >= 0.3 is 0 Å². The van der Waals surface area contributed by atoms with Crippen LogP contribution in [0, 0.1) is 12.8 Å². The zero-order chi connectivity index (χ0) is 16.2. The van der Waals surface area contributed by atoms with E-state index >= 15 is 0 Å². The molecule has 1 aromatic carbocycles. The van der Waals surface area contributed by atoms with Crippen molar-refractivity contribution < 1.29 is 13.2 Å². The Morgan fingerprint density at radius 3 is 2.14 bits per heavy atom. The summed E-state index contributed by atoms with van der Waals surface area (Å²) in [5.41, 5.74) is 0.983. The summed E-state index contributed by atoms with van der Waals surface area (Å²) in [4.78, 5) is 13.7. The minimum absolute atomic E-state index is 0.174. The molecule has 118 valence electrons. The Balaban J connectivity index is 3.00. The minimum atomic E-state index is -3.70. The third kappa shape index (κ3) is 5.13. The molecule has 0 bridgehead atoms. The van der Waals surface area contributed by atoms with Crippen molar-refractivity contribution in [3.8, 4) is 0 Å². The summed E-state index contributed by atoms with van der Waals surface area (Å²) in [6.07, 6.45) is 0.460. The molecule has 0 aliphatic rings. The van der Waals surface area contributed by atoms with E-state index in [0.717, 1.165) is 5.56 Å². The molecule has 0 radical (unpaired) electrons. The normalized spacial score (nSPS) is 13.2. The summed E-state index contributed by atoms with van der Waals surface area (Å²) in [5, 5.41) is 0. The molecule has 0 aromatic heterocycles. The van der Waals surface area contributed by atoms with Gasteiger partial charge in [0.2, 0.25) is 15.9 Å². The van der Waals surface area contributed by atoms with Crippen LogP contribution >= 0.6 is 0 Å². The number of rotatable bonds is 6. The number of likely N-dealkylation sites (N-methyl/N-ethyl adjacent to an activating group) is 1. The van der Waals surface area contributed by atoms with Crippen molar-refractivity contribution in [2.24, 2.45) is 5.92 Å². The van der Waals surface area contributed by atoms with Crippen LogP contribution in [-0.2, 0) is 14.8 Å². The topological polar surface area (TPSA) is 66.5 Å². The second-order valence-corrected chi connectivity index (χ2v) is 7.56. The van der Waals surface area contributed by atoms with Crippen LogP contribution in [0.5, 0.6) is 0 Å². The molecule has 0 aliphatic carbocycles. The number of nitrogens with one attached hydrogen (secondary N) is 1. The molecule has 1 atom stereocenters. The van der Waals surface area contributed by atoms with Crippen LogP contribution in [-0.4, -0.2) is 39.4 Å². The van der Waals surface area contributed by atoms with Crippen LogP contribution in [0.15, 0.2) is 29.2 Å². The second kappa shape index (κ2) is 7.04. The molecule has 0 saturated carbocycles. The lowest BCUT2D eigenvalue weighted by atomic mass is 10.0. The number of hydrogen-bond donors (Lipinski definition) is 1. The number of carbonyl (C=O) groups is 1. The van der Waals surface area contributed by atoms with Crippen LogP contribution < -0.4 is 4.72 Å². The summed E-state index contributed by atoms with van der Waals surface area (Å²) < 4.78 is 27.3. The van der Waals surface area contributed by atoms with Crippen molar-refractivity contribution in [2.45, 2.75) is 38.1 Å². The smallest absolute Gasteiger partial charge is 0.241 e. The van der Waals surface area contributed by atoms with E-state index in [0.29, 0.717) is 6.42 Å². The second-order valence-electron chi connectivity index (χ2n) is 5.85. The Hall–Kier alpha value is -1.40. The molecule has 0 fully saturated rings. The average Bonchev–Trinajstić information content (AvgIpc) is 2.36. The molecule has 0 spiro atoms. The average molecular weight is 312 g/mol. The molecule has 0 aliphatic heterocycles. The molecule has 5 nitrogen and oxygen atoms in total. The Morgan fingerprint density at radius 1 is 1.19 bits per heavy atom. The molecular weight excluding hydrogens is 288 g/mol. The zero-order valence-corrected chi connectivity index (χ0v) is 14.1. The number of benzene rings is 1. The van der Waals surface area contributed by atoms with E-state index in [9.17, 15) is 13.2 Å². The number of hydrogen-bond acceptors (Lipinski definition) is 3. The van der Waals surface area contributed by atoms with Crippen molar-refractivity contribution in [2.75, 3.05) is 14.1 Å². The van der Waals surface area contributed by atoms with Crippen LogP contribution in [0.4, 0.5) is 0 Å². The minimum Gasteiger partial charge on any atom is -0.347 e. The van der Waals surface area contributed by atoms with Gasteiger partial charge in [0.05, 0.1) is 4.90 Å². The van der Waals surface area contributed by atoms with Gasteiger partial charge in [0.15, 0.2) is 0 Å². The largest absolute Gasteiger partial charge is 0.347 e. The van der Waals surface area contributed by atoms with Gasteiger partial charge in [-0.25, -0.2) is 8.42 Å². The van der Waals surface area contributed by atoms with Gasteiger partial charge in [-0.05, 0) is 31.4 Å². The number of amides is 1. The predicted molar refractivity (Wildman–Crippen MR) is 83.4 cm³/mol. The molecule has 1 rings (SSSR count). The van der Waals surface area contributed by atoms with Crippen LogP contribution in [0.25, 0.3) is 0 Å². The number of sulfonamides is 1. The van der Waals surface area contributed by atoms with Crippen LogP contribution in [0.1, 0.15) is 25.8 Å². The van der Waals surface area contributed by atoms with Gasteiger partial charge in [-0.2, -0.15) is 4.72 Å². The molecule has 6 heteroatoms. The summed E-state index contributed by atoms with van der Waals surface area (Å²) >= 11 is 0. The first-order chi connectivity index (χ1) is 9.63. The maximum atomic E-state index is 12.4. The van der Waals surface area contributed by atoms with Gasteiger partial charge in [-0.3, -0.25) is 4.79 Å². The van der Waals surface area contributed by atoms with Gasteiger partial charge in [-0.15, -0.1) is 0 Å². The van der Waals surface area contributed by atoms with E-state index in [1.54, 1.807) is 38.4 Å². The van der Waals surface area contributed by atoms with E-state index in [1.165, 1.54) is 4.90 Å². The number of carbonyl (C=O) groups excluding carboxylic acids is 1. The Morgan fingerprint density at radius 2 is 1.71 bits per heavy atom. The van der Waals surface area contributed by atoms with Crippen LogP contribution in [0.3, 0.4) is 0 Å². The van der Waals surface area contributed by atoms with E-state index in [-0.39, 0.29) is 16.7 Å². The summed E-state index contributed by atoms with van der Waals surface area (Å²) in [6.45, 7) is 5.80. The van der Waals surface area contributed by atoms with E-state index in [2.05, 4.69) is 4.72 Å². The quantitative estimate of drug-likeness (QED) is 0.870. The van der Waals surface area contributed by atoms with Gasteiger partial charge in [0.1, 0.15) is 6.04 Å². The molecular formula is C15H24N2O3S. The zero-order valence-electron chi connectivity index (χ0n) is 13.3. The van der Waals surface area contributed by atoms with Crippen molar-refractivity contribution >= 4 is 15.9 Å². The summed E-state index contributed by atoms with van der Waals surface area (Å²) in [7, 11) is -0.456. The number of nitrogens with zero attached hydrogens (tertiary/aromatic N) is 1. The lowest BCUT2D eigenvalue weighted by molar-refractivity contribution is -0.130. The Labute approximate surface area is 127 Å². The van der Waals surface area contributed by atoms with E-state index in [4.69, 9.17) is 0 Å². The summed E-state index contributed by atoms with van der Waals surface area (Å²) in [5.74, 6) is -0.0287. The third-order valence-corrected chi connectivity index (χ3v) is 4.56. The molecule has 1 N–H and O–H groups in total. The fourth-order valence-electron chi connectivity index (χ4n) is 1.96. The molecule has 0 saturated heterocycles. The van der Waals surface area contributed by atoms with Gasteiger partial charge in [-0.1, -0.05) is 31.5 Å². The highest BCUT2D eigenvalue weighted by Gasteiger charge is 2.27. The molecule has 0 heterocycles. The fourth-order valence-corrected chi connectivity index (χ4v) is 3.16.